The maximum absolute atomic E-state index is 12.1. The SMILES string of the molecule is CNc1nc(C)cc(NC(C)CC(F)(F)F)n1. The highest BCUT2D eigenvalue weighted by molar-refractivity contribution is 5.42. The number of anilines is 2. The van der Waals surface area contributed by atoms with Crippen LogP contribution in [0.5, 0.6) is 0 Å². The molecule has 0 spiro atoms. The van der Waals surface area contributed by atoms with Gasteiger partial charge in [0.05, 0.1) is 6.42 Å². The van der Waals surface area contributed by atoms with Gasteiger partial charge < -0.3 is 10.6 Å². The van der Waals surface area contributed by atoms with Gasteiger partial charge in [-0.1, -0.05) is 0 Å². The molecule has 17 heavy (non-hydrogen) atoms. The molecule has 96 valence electrons. The molecule has 0 aromatic carbocycles. The summed E-state index contributed by atoms with van der Waals surface area (Å²) in [6, 6.07) is 0.877. The fraction of sp³-hybridized carbons (Fsp3) is 0.600. The number of nitrogens with zero attached hydrogens (tertiary/aromatic N) is 2. The third-order valence-electron chi connectivity index (χ3n) is 2.01. The van der Waals surface area contributed by atoms with E-state index in [0.29, 0.717) is 17.5 Å². The van der Waals surface area contributed by atoms with E-state index >= 15 is 0 Å². The molecule has 1 atom stereocenters. The van der Waals surface area contributed by atoms with Gasteiger partial charge in [0.1, 0.15) is 5.82 Å². The number of hydrogen-bond acceptors (Lipinski definition) is 4. The molecule has 0 aliphatic carbocycles. The summed E-state index contributed by atoms with van der Waals surface area (Å²) in [6.07, 6.45) is -5.08. The molecular weight excluding hydrogens is 233 g/mol. The zero-order valence-electron chi connectivity index (χ0n) is 9.89. The second kappa shape index (κ2) is 5.20. The van der Waals surface area contributed by atoms with Gasteiger partial charge in [-0.15, -0.1) is 0 Å². The third kappa shape index (κ3) is 4.88. The first-order valence-corrected chi connectivity index (χ1v) is 5.17. The number of nitrogens with one attached hydrogen (secondary N) is 2. The van der Waals surface area contributed by atoms with Crippen molar-refractivity contribution in [3.63, 3.8) is 0 Å². The van der Waals surface area contributed by atoms with Crippen molar-refractivity contribution in [3.05, 3.63) is 11.8 Å². The Balaban J connectivity index is 2.71. The number of halogens is 3. The second-order valence-electron chi connectivity index (χ2n) is 3.83. The van der Waals surface area contributed by atoms with Crippen molar-refractivity contribution in [2.75, 3.05) is 17.7 Å². The van der Waals surface area contributed by atoms with Crippen molar-refractivity contribution < 1.29 is 13.2 Å². The fourth-order valence-corrected chi connectivity index (χ4v) is 1.40. The molecule has 0 saturated heterocycles. The molecule has 0 aliphatic rings. The number of aromatic nitrogens is 2. The predicted molar refractivity (Wildman–Crippen MR) is 60.1 cm³/mol. The van der Waals surface area contributed by atoms with Crippen molar-refractivity contribution in [3.8, 4) is 0 Å². The monoisotopic (exact) mass is 248 g/mol. The van der Waals surface area contributed by atoms with Gasteiger partial charge in [-0.2, -0.15) is 18.2 Å². The van der Waals surface area contributed by atoms with E-state index in [9.17, 15) is 13.2 Å². The Morgan fingerprint density at radius 2 is 2.00 bits per heavy atom. The van der Waals surface area contributed by atoms with Gasteiger partial charge in [-0.25, -0.2) is 4.98 Å². The van der Waals surface area contributed by atoms with Gasteiger partial charge in [0.25, 0.3) is 0 Å². The van der Waals surface area contributed by atoms with E-state index < -0.39 is 18.6 Å². The average Bonchev–Trinajstić information content (AvgIpc) is 2.13. The second-order valence-corrected chi connectivity index (χ2v) is 3.83. The smallest absolute Gasteiger partial charge is 0.367 e. The van der Waals surface area contributed by atoms with E-state index in [0.717, 1.165) is 0 Å². The quantitative estimate of drug-likeness (QED) is 0.859. The van der Waals surface area contributed by atoms with Gasteiger partial charge in [0.2, 0.25) is 5.95 Å². The highest BCUT2D eigenvalue weighted by Crippen LogP contribution is 2.23. The van der Waals surface area contributed by atoms with Crippen LogP contribution in [0.4, 0.5) is 24.9 Å². The molecule has 0 radical (unpaired) electrons. The van der Waals surface area contributed by atoms with Crippen LogP contribution in [0.3, 0.4) is 0 Å². The van der Waals surface area contributed by atoms with E-state index in [-0.39, 0.29) is 0 Å². The number of aryl methyl sites for hydroxylation is 1. The standard InChI is InChI=1S/C10H15F3N4/c1-6-4-8(17-9(14-3)16-6)15-7(2)5-10(11,12)13/h4,7H,5H2,1-3H3,(H2,14,15,16,17). The van der Waals surface area contributed by atoms with Crippen LogP contribution in [0.15, 0.2) is 6.07 Å². The van der Waals surface area contributed by atoms with E-state index in [1.165, 1.54) is 6.92 Å². The molecule has 4 nitrogen and oxygen atoms in total. The normalized spacial score (nSPS) is 13.3. The minimum absolute atomic E-state index is 0.381. The van der Waals surface area contributed by atoms with Crippen LogP contribution in [0.2, 0.25) is 0 Å². The lowest BCUT2D eigenvalue weighted by atomic mass is 10.2. The summed E-state index contributed by atoms with van der Waals surface area (Å²) in [5.41, 5.74) is 0.686. The fourth-order valence-electron chi connectivity index (χ4n) is 1.40. The predicted octanol–water partition coefficient (Wildman–Crippen LogP) is 2.58. The summed E-state index contributed by atoms with van der Waals surface area (Å²) in [5, 5.41) is 5.45. The Hall–Kier alpha value is -1.53. The molecule has 7 heteroatoms. The minimum atomic E-state index is -4.18. The Morgan fingerprint density at radius 1 is 1.35 bits per heavy atom. The maximum atomic E-state index is 12.1. The molecule has 0 fully saturated rings. The molecule has 1 rings (SSSR count). The van der Waals surface area contributed by atoms with Gasteiger partial charge in [0.15, 0.2) is 0 Å². The Kier molecular flexibility index (Phi) is 4.14. The lowest BCUT2D eigenvalue weighted by Gasteiger charge is -2.16. The Labute approximate surface area is 97.7 Å². The largest absolute Gasteiger partial charge is 0.391 e. The molecule has 0 bridgehead atoms. The molecular formula is C10H15F3N4. The maximum Gasteiger partial charge on any atom is 0.391 e. The molecule has 1 aromatic heterocycles. The first-order chi connectivity index (χ1) is 7.80. The first-order valence-electron chi connectivity index (χ1n) is 5.17. The first kappa shape index (κ1) is 13.5. The van der Waals surface area contributed by atoms with Crippen molar-refractivity contribution in [1.29, 1.82) is 0 Å². The summed E-state index contributed by atoms with van der Waals surface area (Å²) in [6.45, 7) is 3.21. The lowest BCUT2D eigenvalue weighted by Crippen LogP contribution is -2.24. The van der Waals surface area contributed by atoms with Crippen LogP contribution >= 0.6 is 0 Å². The summed E-state index contributed by atoms with van der Waals surface area (Å²) in [5.74, 6) is 0.769. The third-order valence-corrected chi connectivity index (χ3v) is 2.01. The van der Waals surface area contributed by atoms with Crippen LogP contribution < -0.4 is 10.6 Å². The van der Waals surface area contributed by atoms with Gasteiger partial charge in [0, 0.05) is 24.8 Å². The molecule has 1 aromatic rings. The van der Waals surface area contributed by atoms with E-state index in [1.807, 2.05) is 0 Å². The number of hydrogen-bond donors (Lipinski definition) is 2. The summed E-state index contributed by atoms with van der Waals surface area (Å²) >= 11 is 0. The summed E-state index contributed by atoms with van der Waals surface area (Å²) in [4.78, 5) is 8.07. The van der Waals surface area contributed by atoms with Crippen LogP contribution in [-0.2, 0) is 0 Å². The van der Waals surface area contributed by atoms with Crippen molar-refractivity contribution in [2.45, 2.75) is 32.5 Å². The summed E-state index contributed by atoms with van der Waals surface area (Å²) in [7, 11) is 1.65. The zero-order valence-corrected chi connectivity index (χ0v) is 9.89. The van der Waals surface area contributed by atoms with Gasteiger partial charge in [-0.05, 0) is 13.8 Å². The van der Waals surface area contributed by atoms with Gasteiger partial charge in [-0.3, -0.25) is 0 Å². The van der Waals surface area contributed by atoms with E-state index in [4.69, 9.17) is 0 Å². The van der Waals surface area contributed by atoms with E-state index in [2.05, 4.69) is 20.6 Å². The molecule has 0 aliphatic heterocycles. The van der Waals surface area contributed by atoms with Crippen LogP contribution in [0.1, 0.15) is 19.0 Å². The Bertz CT molecular complexity index is 378. The minimum Gasteiger partial charge on any atom is -0.367 e. The van der Waals surface area contributed by atoms with Crippen molar-refractivity contribution in [2.24, 2.45) is 0 Å². The Morgan fingerprint density at radius 3 is 2.53 bits per heavy atom. The highest BCUT2D eigenvalue weighted by Gasteiger charge is 2.30. The van der Waals surface area contributed by atoms with Crippen molar-refractivity contribution >= 4 is 11.8 Å². The van der Waals surface area contributed by atoms with E-state index in [1.54, 1.807) is 20.0 Å². The number of rotatable bonds is 4. The van der Waals surface area contributed by atoms with Crippen LogP contribution in [-0.4, -0.2) is 29.2 Å². The highest BCUT2D eigenvalue weighted by atomic mass is 19.4. The molecule has 0 saturated carbocycles. The van der Waals surface area contributed by atoms with Gasteiger partial charge >= 0.3 is 6.18 Å². The lowest BCUT2D eigenvalue weighted by molar-refractivity contribution is -0.136. The number of alkyl halides is 3. The average molecular weight is 248 g/mol. The van der Waals surface area contributed by atoms with Crippen LogP contribution in [0.25, 0.3) is 0 Å². The van der Waals surface area contributed by atoms with Crippen molar-refractivity contribution in [1.82, 2.24) is 9.97 Å². The molecule has 1 unspecified atom stereocenters. The zero-order chi connectivity index (χ0) is 13.1. The molecule has 1 heterocycles. The molecule has 0 amide bonds. The molecule has 2 N–H and O–H groups in total. The summed E-state index contributed by atoms with van der Waals surface area (Å²) < 4.78 is 36.4. The topological polar surface area (TPSA) is 49.8 Å². The van der Waals surface area contributed by atoms with Crippen LogP contribution in [0, 0.1) is 6.92 Å².